The molecule has 0 aliphatic heterocycles. The van der Waals surface area contributed by atoms with Crippen molar-refractivity contribution in [2.45, 2.75) is 19.9 Å². The predicted molar refractivity (Wildman–Crippen MR) is 74.0 cm³/mol. The van der Waals surface area contributed by atoms with Crippen molar-refractivity contribution in [2.24, 2.45) is 0 Å². The lowest BCUT2D eigenvalue weighted by molar-refractivity contribution is -0.484. The zero-order valence-corrected chi connectivity index (χ0v) is 12.5. The van der Waals surface area contributed by atoms with Crippen molar-refractivity contribution in [1.29, 1.82) is 0 Å². The average molecular weight is 308 g/mol. The maximum Gasteiger partial charge on any atom is 0.262 e. The highest BCUT2D eigenvalue weighted by Crippen LogP contribution is 2.46. The van der Waals surface area contributed by atoms with Gasteiger partial charge in [-0.1, -0.05) is 0 Å². The molecule has 1 rings (SSSR count). The molecular weight excluding hydrogens is 291 g/mol. The topological polar surface area (TPSA) is 86.8 Å². The molecule has 1 aromatic rings. The van der Waals surface area contributed by atoms with Crippen molar-refractivity contribution in [3.05, 3.63) is 34.3 Å². The van der Waals surface area contributed by atoms with Gasteiger partial charge in [0.25, 0.3) is 6.64 Å². The minimum Gasteiger partial charge on any atom is -0.467 e. The van der Waals surface area contributed by atoms with Gasteiger partial charge in [0, 0.05) is 4.92 Å². The summed E-state index contributed by atoms with van der Waals surface area (Å²) in [6, 6.07) is 2.64. The maximum atomic E-state index is 10.7. The largest absolute Gasteiger partial charge is 0.467 e. The van der Waals surface area contributed by atoms with Gasteiger partial charge in [-0.3, -0.25) is 10.1 Å². The van der Waals surface area contributed by atoms with Crippen LogP contribution in [0.5, 0.6) is 0 Å². The quantitative estimate of drug-likeness (QED) is 0.426. The standard InChI is InChI=1S/C10H17N2O5PS/c1-3-16-18(19,17-4-2)11-9(8-12(13)14)10-6-5-7-15-10/h5-7,9H,3-4,8H2,1-2H3,(H,11,19)/t9-/m0/s1. The number of nitrogens with one attached hydrogen (secondary N) is 1. The molecule has 108 valence electrons. The summed E-state index contributed by atoms with van der Waals surface area (Å²) in [6.07, 6.45) is 1.45. The fourth-order valence-corrected chi connectivity index (χ4v) is 3.98. The first kappa shape index (κ1) is 16.3. The molecule has 1 aromatic heterocycles. The van der Waals surface area contributed by atoms with Gasteiger partial charge in [0.15, 0.2) is 0 Å². The molecule has 0 spiro atoms. The molecular formula is C10H17N2O5PS. The van der Waals surface area contributed by atoms with Gasteiger partial charge in [-0.05, 0) is 37.8 Å². The third kappa shape index (κ3) is 5.38. The maximum absolute atomic E-state index is 10.7. The van der Waals surface area contributed by atoms with E-state index in [4.69, 9.17) is 25.3 Å². The van der Waals surface area contributed by atoms with Crippen LogP contribution in [0.25, 0.3) is 0 Å². The van der Waals surface area contributed by atoms with Crippen molar-refractivity contribution in [1.82, 2.24) is 5.09 Å². The van der Waals surface area contributed by atoms with E-state index in [0.717, 1.165) is 0 Å². The first-order valence-corrected chi connectivity index (χ1v) is 8.46. The zero-order chi connectivity index (χ0) is 14.3. The SMILES string of the molecule is CCOP(=S)(N[C@@H](C[N+](=O)[O-])c1ccco1)OCC. The molecule has 0 unspecified atom stereocenters. The normalized spacial score (nSPS) is 13.4. The van der Waals surface area contributed by atoms with Gasteiger partial charge in [-0.15, -0.1) is 0 Å². The molecule has 0 saturated carbocycles. The van der Waals surface area contributed by atoms with Gasteiger partial charge in [0.05, 0.1) is 19.5 Å². The lowest BCUT2D eigenvalue weighted by atomic mass is 10.2. The Labute approximate surface area is 116 Å². The summed E-state index contributed by atoms with van der Waals surface area (Å²) in [5, 5.41) is 13.6. The number of nitrogens with zero attached hydrogens (tertiary/aromatic N) is 1. The van der Waals surface area contributed by atoms with Crippen LogP contribution in [-0.2, 0) is 20.9 Å². The summed E-state index contributed by atoms with van der Waals surface area (Å²) >= 11 is 5.29. The van der Waals surface area contributed by atoms with E-state index in [9.17, 15) is 10.1 Å². The highest BCUT2D eigenvalue weighted by atomic mass is 32.5. The second-order valence-corrected chi connectivity index (χ2v) is 6.76. The van der Waals surface area contributed by atoms with E-state index in [0.29, 0.717) is 19.0 Å². The predicted octanol–water partition coefficient (Wildman–Crippen LogP) is 2.48. The minimum absolute atomic E-state index is 0.355. The van der Waals surface area contributed by atoms with Gasteiger partial charge in [-0.25, -0.2) is 5.09 Å². The molecule has 0 aromatic carbocycles. The van der Waals surface area contributed by atoms with E-state index in [1.807, 2.05) is 0 Å². The van der Waals surface area contributed by atoms with Gasteiger partial charge in [-0.2, -0.15) is 0 Å². The van der Waals surface area contributed by atoms with Crippen molar-refractivity contribution in [3.8, 4) is 0 Å². The molecule has 0 aliphatic carbocycles. The van der Waals surface area contributed by atoms with Crippen LogP contribution < -0.4 is 5.09 Å². The van der Waals surface area contributed by atoms with Crippen LogP contribution >= 0.6 is 6.64 Å². The van der Waals surface area contributed by atoms with E-state index >= 15 is 0 Å². The highest BCUT2D eigenvalue weighted by Gasteiger charge is 2.29. The van der Waals surface area contributed by atoms with Crippen LogP contribution in [0, 0.1) is 10.1 Å². The van der Waals surface area contributed by atoms with Crippen molar-refractivity contribution >= 4 is 18.4 Å². The van der Waals surface area contributed by atoms with E-state index in [1.165, 1.54) is 6.26 Å². The van der Waals surface area contributed by atoms with Crippen LogP contribution in [0.15, 0.2) is 22.8 Å². The lowest BCUT2D eigenvalue weighted by Gasteiger charge is -2.24. The fourth-order valence-electron chi connectivity index (χ4n) is 1.48. The smallest absolute Gasteiger partial charge is 0.262 e. The highest BCUT2D eigenvalue weighted by molar-refractivity contribution is 8.08. The number of hydrogen-bond donors (Lipinski definition) is 1. The Morgan fingerprint density at radius 3 is 2.58 bits per heavy atom. The summed E-state index contributed by atoms with van der Waals surface area (Å²) in [4.78, 5) is 10.3. The second-order valence-electron chi connectivity index (χ2n) is 3.55. The van der Waals surface area contributed by atoms with E-state index in [1.54, 1.807) is 26.0 Å². The van der Waals surface area contributed by atoms with Crippen molar-refractivity contribution in [3.63, 3.8) is 0 Å². The van der Waals surface area contributed by atoms with Crippen LogP contribution in [0.3, 0.4) is 0 Å². The van der Waals surface area contributed by atoms with Gasteiger partial charge in [0.1, 0.15) is 11.8 Å². The fraction of sp³-hybridized carbons (Fsp3) is 0.600. The molecule has 0 amide bonds. The van der Waals surface area contributed by atoms with Crippen molar-refractivity contribution < 1.29 is 18.4 Å². The second kappa shape index (κ2) is 7.72. The third-order valence-corrected chi connectivity index (χ3v) is 4.90. The third-order valence-electron chi connectivity index (χ3n) is 2.13. The van der Waals surface area contributed by atoms with Gasteiger partial charge < -0.3 is 13.5 Å². The molecule has 0 radical (unpaired) electrons. The molecule has 1 heterocycles. The Hall–Kier alpha value is -0.790. The first-order chi connectivity index (χ1) is 9.00. The number of hydrogen-bond acceptors (Lipinski definition) is 6. The molecule has 0 fully saturated rings. The average Bonchev–Trinajstić information content (AvgIpc) is 2.81. The molecule has 0 bridgehead atoms. The van der Waals surface area contributed by atoms with E-state index in [-0.39, 0.29) is 6.54 Å². The number of rotatable bonds is 9. The summed E-state index contributed by atoms with van der Waals surface area (Å²) in [7, 11) is 0. The molecule has 1 N–H and O–H groups in total. The van der Waals surface area contributed by atoms with Crippen LogP contribution in [0.2, 0.25) is 0 Å². The Morgan fingerprint density at radius 2 is 2.16 bits per heavy atom. The number of furan rings is 1. The Bertz CT molecular complexity index is 429. The molecule has 0 aliphatic rings. The van der Waals surface area contributed by atoms with Gasteiger partial charge in [0.2, 0.25) is 6.54 Å². The molecule has 9 heteroatoms. The molecule has 7 nitrogen and oxygen atoms in total. The molecule has 1 atom stereocenters. The number of nitro groups is 1. The van der Waals surface area contributed by atoms with E-state index in [2.05, 4.69) is 5.09 Å². The summed E-state index contributed by atoms with van der Waals surface area (Å²) < 4.78 is 16.0. The van der Waals surface area contributed by atoms with Crippen LogP contribution in [0.4, 0.5) is 0 Å². The van der Waals surface area contributed by atoms with Gasteiger partial charge >= 0.3 is 0 Å². The molecule has 19 heavy (non-hydrogen) atoms. The Kier molecular flexibility index (Phi) is 6.60. The zero-order valence-electron chi connectivity index (χ0n) is 10.8. The summed E-state index contributed by atoms with van der Waals surface area (Å²) in [5.41, 5.74) is 0. The van der Waals surface area contributed by atoms with Crippen LogP contribution in [-0.4, -0.2) is 24.7 Å². The summed E-state index contributed by atoms with van der Waals surface area (Å²) in [6.45, 7) is 1.21. The minimum atomic E-state index is -2.75. The monoisotopic (exact) mass is 308 g/mol. The first-order valence-electron chi connectivity index (χ1n) is 5.83. The van der Waals surface area contributed by atoms with Crippen molar-refractivity contribution in [2.75, 3.05) is 19.8 Å². The Balaban J connectivity index is 2.86. The molecule has 0 saturated heterocycles. The summed E-state index contributed by atoms with van der Waals surface area (Å²) in [5.74, 6) is 0.435. The Morgan fingerprint density at radius 1 is 1.53 bits per heavy atom. The van der Waals surface area contributed by atoms with Crippen LogP contribution in [0.1, 0.15) is 25.6 Å². The van der Waals surface area contributed by atoms with E-state index < -0.39 is 17.6 Å². The lowest BCUT2D eigenvalue weighted by Crippen LogP contribution is -2.27.